The summed E-state index contributed by atoms with van der Waals surface area (Å²) in [7, 11) is 3.50. The zero-order valence-corrected chi connectivity index (χ0v) is 19.1. The van der Waals surface area contributed by atoms with Crippen molar-refractivity contribution in [2.75, 3.05) is 19.1 Å². The molecule has 148 valence electrons. The second kappa shape index (κ2) is 7.67. The summed E-state index contributed by atoms with van der Waals surface area (Å²) in [6.45, 7) is 4.28. The number of benzene rings is 2. The minimum Gasteiger partial charge on any atom is -0.465 e. The SMILES string of the molecule is COC(=O)C1=C(c2ccccc2)S/C(=C2\C(=S)C(C)(C)N(C)c3ccccc32)S1. The second-order valence-corrected chi connectivity index (χ2v) is 10.1. The van der Waals surface area contributed by atoms with Crippen molar-refractivity contribution in [2.45, 2.75) is 19.4 Å². The molecule has 2 aliphatic rings. The number of fused-ring (bicyclic) bond motifs is 1. The van der Waals surface area contributed by atoms with E-state index in [2.05, 4.69) is 37.9 Å². The van der Waals surface area contributed by atoms with E-state index >= 15 is 0 Å². The summed E-state index contributed by atoms with van der Waals surface area (Å²) in [6, 6.07) is 18.3. The first kappa shape index (κ1) is 20.3. The molecule has 0 unspecified atom stereocenters. The van der Waals surface area contributed by atoms with Gasteiger partial charge >= 0.3 is 5.97 Å². The topological polar surface area (TPSA) is 29.5 Å². The molecule has 3 nitrogen and oxygen atoms in total. The number of methoxy groups -OCH3 is 1. The van der Waals surface area contributed by atoms with Crippen LogP contribution in [0.4, 0.5) is 5.69 Å². The summed E-state index contributed by atoms with van der Waals surface area (Å²) in [6.07, 6.45) is 0. The Kier molecular flexibility index (Phi) is 5.36. The molecule has 2 aromatic carbocycles. The first-order chi connectivity index (χ1) is 13.9. The Bertz CT molecular complexity index is 1070. The van der Waals surface area contributed by atoms with Crippen LogP contribution in [0.15, 0.2) is 63.7 Å². The first-order valence-corrected chi connectivity index (χ1v) is 11.3. The highest BCUT2D eigenvalue weighted by atomic mass is 32.2. The maximum atomic E-state index is 12.6. The van der Waals surface area contributed by atoms with Gasteiger partial charge in [-0.25, -0.2) is 4.79 Å². The largest absolute Gasteiger partial charge is 0.465 e. The van der Waals surface area contributed by atoms with E-state index in [0.717, 1.165) is 36.4 Å². The number of hydrogen-bond donors (Lipinski definition) is 0. The van der Waals surface area contributed by atoms with Crippen LogP contribution in [0.1, 0.15) is 25.0 Å². The van der Waals surface area contributed by atoms with Crippen molar-refractivity contribution >= 4 is 62.7 Å². The molecule has 0 saturated carbocycles. The monoisotopic (exact) mass is 439 g/mol. The molecule has 2 heterocycles. The summed E-state index contributed by atoms with van der Waals surface area (Å²) >= 11 is 9.05. The number of carbonyl (C=O) groups excluding carboxylic acids is 1. The highest BCUT2D eigenvalue weighted by Gasteiger charge is 2.41. The average molecular weight is 440 g/mol. The fraction of sp³-hybridized carbons (Fsp3) is 0.217. The third-order valence-electron chi connectivity index (χ3n) is 5.36. The predicted octanol–water partition coefficient (Wildman–Crippen LogP) is 5.98. The van der Waals surface area contributed by atoms with Crippen molar-refractivity contribution in [3.8, 4) is 0 Å². The number of anilines is 1. The molecule has 0 N–H and O–H groups in total. The van der Waals surface area contributed by atoms with Crippen LogP contribution in [0.2, 0.25) is 0 Å². The third-order valence-corrected chi connectivity index (χ3v) is 8.69. The Morgan fingerprint density at radius 2 is 1.69 bits per heavy atom. The molecule has 0 spiro atoms. The van der Waals surface area contributed by atoms with E-state index in [4.69, 9.17) is 17.0 Å². The molecule has 29 heavy (non-hydrogen) atoms. The second-order valence-electron chi connectivity index (χ2n) is 7.35. The molecule has 0 fully saturated rings. The molecule has 0 bridgehead atoms. The van der Waals surface area contributed by atoms with Crippen LogP contribution >= 0.6 is 35.7 Å². The Morgan fingerprint density at radius 1 is 1.03 bits per heavy atom. The lowest BCUT2D eigenvalue weighted by Crippen LogP contribution is -2.50. The normalized spacial score (nSPS) is 20.7. The summed E-state index contributed by atoms with van der Waals surface area (Å²) < 4.78 is 6.11. The van der Waals surface area contributed by atoms with Gasteiger partial charge in [0.05, 0.1) is 16.9 Å². The van der Waals surface area contributed by atoms with E-state index in [1.165, 1.54) is 18.9 Å². The van der Waals surface area contributed by atoms with Crippen LogP contribution < -0.4 is 4.90 Å². The van der Waals surface area contributed by atoms with Crippen molar-refractivity contribution < 1.29 is 9.53 Å². The third kappa shape index (κ3) is 3.33. The maximum absolute atomic E-state index is 12.6. The molecular weight excluding hydrogens is 418 g/mol. The predicted molar refractivity (Wildman–Crippen MR) is 129 cm³/mol. The maximum Gasteiger partial charge on any atom is 0.345 e. The first-order valence-electron chi connectivity index (χ1n) is 9.22. The van der Waals surface area contributed by atoms with Crippen LogP contribution in [0.5, 0.6) is 0 Å². The van der Waals surface area contributed by atoms with Gasteiger partial charge < -0.3 is 9.64 Å². The summed E-state index contributed by atoms with van der Waals surface area (Å²) in [5.74, 6) is -0.316. The highest BCUT2D eigenvalue weighted by Crippen LogP contribution is 2.58. The number of rotatable bonds is 2. The number of thiocarbonyl (C=S) groups is 1. The lowest BCUT2D eigenvalue weighted by molar-refractivity contribution is -0.135. The number of nitrogens with zero attached hydrogens (tertiary/aromatic N) is 1. The highest BCUT2D eigenvalue weighted by molar-refractivity contribution is 8.32. The molecule has 2 aliphatic heterocycles. The minimum atomic E-state index is -0.316. The number of hydrogen-bond acceptors (Lipinski definition) is 6. The van der Waals surface area contributed by atoms with Crippen LogP contribution in [-0.2, 0) is 9.53 Å². The Balaban J connectivity index is 1.90. The van der Waals surface area contributed by atoms with Crippen molar-refractivity contribution in [3.05, 3.63) is 74.9 Å². The van der Waals surface area contributed by atoms with Gasteiger partial charge in [0.15, 0.2) is 0 Å². The van der Waals surface area contributed by atoms with Crippen LogP contribution in [-0.4, -0.2) is 30.5 Å². The molecule has 0 saturated heterocycles. The van der Waals surface area contributed by atoms with E-state index in [1.54, 1.807) is 11.8 Å². The molecule has 0 aromatic heterocycles. The molecule has 2 aromatic rings. The molecular formula is C23H21NO2S3. The van der Waals surface area contributed by atoms with Gasteiger partial charge in [0.1, 0.15) is 4.91 Å². The number of esters is 1. The number of thioether (sulfide) groups is 2. The molecule has 0 atom stereocenters. The zero-order valence-electron chi connectivity index (χ0n) is 16.7. The van der Waals surface area contributed by atoms with Gasteiger partial charge in [-0.05, 0) is 25.5 Å². The average Bonchev–Trinajstić information content (AvgIpc) is 3.18. The quantitative estimate of drug-likeness (QED) is 0.325. The number of carbonyl (C=O) groups is 1. The minimum absolute atomic E-state index is 0.311. The fourth-order valence-corrected chi connectivity index (χ4v) is 6.67. The van der Waals surface area contributed by atoms with Gasteiger partial charge in [-0.1, -0.05) is 84.3 Å². The van der Waals surface area contributed by atoms with Crippen LogP contribution in [0.3, 0.4) is 0 Å². The smallest absolute Gasteiger partial charge is 0.345 e. The van der Waals surface area contributed by atoms with Gasteiger partial charge in [-0.3, -0.25) is 0 Å². The Labute approximate surface area is 185 Å². The van der Waals surface area contributed by atoms with Gasteiger partial charge in [-0.2, -0.15) is 0 Å². The van der Waals surface area contributed by atoms with E-state index in [1.807, 2.05) is 42.5 Å². The van der Waals surface area contributed by atoms with Crippen molar-refractivity contribution in [2.24, 2.45) is 0 Å². The van der Waals surface area contributed by atoms with E-state index in [-0.39, 0.29) is 11.5 Å². The van der Waals surface area contributed by atoms with Crippen molar-refractivity contribution in [1.82, 2.24) is 0 Å². The number of para-hydroxylation sites is 1. The van der Waals surface area contributed by atoms with Gasteiger partial charge in [0, 0.05) is 33.6 Å². The number of ether oxygens (including phenoxy) is 1. The molecule has 0 amide bonds. The van der Waals surface area contributed by atoms with E-state index in [9.17, 15) is 4.79 Å². The van der Waals surface area contributed by atoms with Gasteiger partial charge in [0.2, 0.25) is 0 Å². The Morgan fingerprint density at radius 3 is 2.38 bits per heavy atom. The standard InChI is InChI=1S/C23H21NO2S3/c1-23(2)20(27)17(15-12-8-9-13-16(15)24(23)3)22-28-18(14-10-6-5-7-11-14)19(29-22)21(25)26-4/h5-13H,1-4H3/b22-17+. The fourth-order valence-electron chi connectivity index (χ4n) is 3.47. The Hall–Kier alpha value is -2.02. The summed E-state index contributed by atoms with van der Waals surface area (Å²) in [4.78, 5) is 17.2. The molecule has 0 aliphatic carbocycles. The van der Waals surface area contributed by atoms with E-state index < -0.39 is 0 Å². The van der Waals surface area contributed by atoms with Gasteiger partial charge in [0.25, 0.3) is 0 Å². The van der Waals surface area contributed by atoms with E-state index in [0.29, 0.717) is 4.91 Å². The summed E-state index contributed by atoms with van der Waals surface area (Å²) in [5, 5.41) is 0. The molecule has 4 rings (SSSR count). The van der Waals surface area contributed by atoms with Gasteiger partial charge in [-0.15, -0.1) is 0 Å². The zero-order chi connectivity index (χ0) is 20.8. The molecule has 0 radical (unpaired) electrons. The lowest BCUT2D eigenvalue weighted by Gasteiger charge is -2.44. The van der Waals surface area contributed by atoms with Crippen molar-refractivity contribution in [1.29, 1.82) is 0 Å². The van der Waals surface area contributed by atoms with Crippen LogP contribution in [0, 0.1) is 0 Å². The van der Waals surface area contributed by atoms with Crippen molar-refractivity contribution in [3.63, 3.8) is 0 Å². The lowest BCUT2D eigenvalue weighted by atomic mass is 9.84. The summed E-state index contributed by atoms with van der Waals surface area (Å²) in [5.41, 5.74) is 3.98. The van der Waals surface area contributed by atoms with Crippen LogP contribution in [0.25, 0.3) is 10.5 Å². The molecule has 6 heteroatoms.